The van der Waals surface area contributed by atoms with E-state index in [1.165, 1.54) is 16.7 Å². The van der Waals surface area contributed by atoms with Gasteiger partial charge >= 0.3 is 0 Å². The van der Waals surface area contributed by atoms with Gasteiger partial charge < -0.3 is 19.9 Å². The summed E-state index contributed by atoms with van der Waals surface area (Å²) in [5, 5.41) is 15.3. The van der Waals surface area contributed by atoms with E-state index < -0.39 is 0 Å². The number of nitrogens with one attached hydrogen (secondary N) is 2. The van der Waals surface area contributed by atoms with Crippen LogP contribution in [-0.2, 0) is 24.8 Å². The van der Waals surface area contributed by atoms with Crippen LogP contribution in [0.1, 0.15) is 28.3 Å². The van der Waals surface area contributed by atoms with Gasteiger partial charge in [0.1, 0.15) is 12.4 Å². The second-order valence-corrected chi connectivity index (χ2v) is 7.82. The van der Waals surface area contributed by atoms with Crippen molar-refractivity contribution in [1.82, 2.24) is 30.3 Å². The van der Waals surface area contributed by atoms with Crippen LogP contribution >= 0.6 is 0 Å². The molecule has 2 N–H and O–H groups in total. The first kappa shape index (κ1) is 22.2. The van der Waals surface area contributed by atoms with Gasteiger partial charge in [0, 0.05) is 39.8 Å². The zero-order valence-electron chi connectivity index (χ0n) is 18.7. The summed E-state index contributed by atoms with van der Waals surface area (Å²) in [4.78, 5) is 7.17. The standard InChI is InChI=1S/C22H35N7O/c1-17-6-5-7-18(2)20(17)8-9-23-22(24-10-11-29-12-14-30-15-13-29)25-16-21-27-26-19(3)28(21)4/h5-7H,8-16H2,1-4H3,(H2,23,24,25). The summed E-state index contributed by atoms with van der Waals surface area (Å²) in [7, 11) is 1.97. The van der Waals surface area contributed by atoms with E-state index in [-0.39, 0.29) is 0 Å². The lowest BCUT2D eigenvalue weighted by Crippen LogP contribution is -2.44. The molecule has 8 heteroatoms. The number of nitrogens with zero attached hydrogens (tertiary/aromatic N) is 5. The van der Waals surface area contributed by atoms with Crippen LogP contribution in [0.15, 0.2) is 23.2 Å². The molecule has 1 aromatic carbocycles. The van der Waals surface area contributed by atoms with E-state index in [4.69, 9.17) is 9.73 Å². The Balaban J connectivity index is 1.57. The van der Waals surface area contributed by atoms with Gasteiger partial charge in [0.05, 0.1) is 13.2 Å². The van der Waals surface area contributed by atoms with Gasteiger partial charge in [-0.3, -0.25) is 4.90 Å². The third-order valence-electron chi connectivity index (χ3n) is 5.70. The number of rotatable bonds is 8. The molecule has 8 nitrogen and oxygen atoms in total. The Morgan fingerprint density at radius 3 is 2.43 bits per heavy atom. The zero-order valence-corrected chi connectivity index (χ0v) is 18.7. The van der Waals surface area contributed by atoms with Gasteiger partial charge in [0.2, 0.25) is 0 Å². The number of hydrogen-bond acceptors (Lipinski definition) is 5. The smallest absolute Gasteiger partial charge is 0.191 e. The molecule has 30 heavy (non-hydrogen) atoms. The number of guanidine groups is 1. The van der Waals surface area contributed by atoms with Crippen LogP contribution in [0.25, 0.3) is 0 Å². The minimum Gasteiger partial charge on any atom is -0.379 e. The van der Waals surface area contributed by atoms with Crippen LogP contribution < -0.4 is 10.6 Å². The fourth-order valence-electron chi connectivity index (χ4n) is 3.62. The summed E-state index contributed by atoms with van der Waals surface area (Å²) >= 11 is 0. The van der Waals surface area contributed by atoms with Gasteiger partial charge in [-0.1, -0.05) is 18.2 Å². The highest BCUT2D eigenvalue weighted by molar-refractivity contribution is 5.79. The van der Waals surface area contributed by atoms with Crippen LogP contribution in [0.2, 0.25) is 0 Å². The molecule has 0 unspecified atom stereocenters. The van der Waals surface area contributed by atoms with Crippen molar-refractivity contribution in [3.8, 4) is 0 Å². The van der Waals surface area contributed by atoms with E-state index in [1.54, 1.807) is 0 Å². The van der Waals surface area contributed by atoms with E-state index in [0.29, 0.717) is 6.54 Å². The molecule has 1 saturated heterocycles. The molecular weight excluding hydrogens is 378 g/mol. The highest BCUT2D eigenvalue weighted by Crippen LogP contribution is 2.13. The second-order valence-electron chi connectivity index (χ2n) is 7.82. The Labute approximate surface area is 179 Å². The maximum Gasteiger partial charge on any atom is 0.191 e. The molecule has 0 radical (unpaired) electrons. The van der Waals surface area contributed by atoms with Crippen molar-refractivity contribution in [2.24, 2.45) is 12.0 Å². The second kappa shape index (κ2) is 11.1. The molecule has 2 heterocycles. The number of aryl methyl sites for hydroxylation is 3. The fourth-order valence-corrected chi connectivity index (χ4v) is 3.62. The number of ether oxygens (including phenoxy) is 1. The van der Waals surface area contributed by atoms with Gasteiger partial charge in [-0.25, -0.2) is 4.99 Å². The molecule has 0 bridgehead atoms. The molecule has 2 aromatic rings. The van der Waals surface area contributed by atoms with Crippen molar-refractivity contribution >= 4 is 5.96 Å². The zero-order chi connectivity index (χ0) is 21.3. The predicted molar refractivity (Wildman–Crippen MR) is 120 cm³/mol. The minimum absolute atomic E-state index is 0.494. The Morgan fingerprint density at radius 2 is 1.77 bits per heavy atom. The van der Waals surface area contributed by atoms with Crippen molar-refractivity contribution in [3.63, 3.8) is 0 Å². The van der Waals surface area contributed by atoms with Gasteiger partial charge in [-0.2, -0.15) is 0 Å². The van der Waals surface area contributed by atoms with E-state index in [0.717, 1.165) is 70.0 Å². The van der Waals surface area contributed by atoms with E-state index in [1.807, 2.05) is 18.5 Å². The predicted octanol–water partition coefficient (Wildman–Crippen LogP) is 1.35. The first-order chi connectivity index (χ1) is 14.5. The Kier molecular flexibility index (Phi) is 8.21. The van der Waals surface area contributed by atoms with Crippen LogP contribution in [0.5, 0.6) is 0 Å². The quantitative estimate of drug-likeness (QED) is 0.502. The van der Waals surface area contributed by atoms with Gasteiger partial charge in [-0.15, -0.1) is 10.2 Å². The Bertz CT molecular complexity index is 820. The molecule has 3 rings (SSSR count). The van der Waals surface area contributed by atoms with E-state index in [9.17, 15) is 0 Å². The molecule has 1 fully saturated rings. The van der Waals surface area contributed by atoms with Crippen LogP contribution in [0.4, 0.5) is 0 Å². The number of aromatic nitrogens is 3. The lowest BCUT2D eigenvalue weighted by Gasteiger charge is -2.26. The molecule has 0 amide bonds. The third kappa shape index (κ3) is 6.27. The minimum atomic E-state index is 0.494. The number of aliphatic imine (C=N–C) groups is 1. The van der Waals surface area contributed by atoms with Crippen molar-refractivity contribution in [1.29, 1.82) is 0 Å². The number of benzene rings is 1. The maximum absolute atomic E-state index is 5.43. The van der Waals surface area contributed by atoms with Crippen molar-refractivity contribution < 1.29 is 4.74 Å². The Morgan fingerprint density at radius 1 is 1.07 bits per heavy atom. The molecular formula is C22H35N7O. The first-order valence-corrected chi connectivity index (χ1v) is 10.8. The number of morpholine rings is 1. The summed E-state index contributed by atoms with van der Waals surface area (Å²) < 4.78 is 7.41. The lowest BCUT2D eigenvalue weighted by atomic mass is 10.0. The summed E-state index contributed by atoms with van der Waals surface area (Å²) in [5.41, 5.74) is 4.08. The largest absolute Gasteiger partial charge is 0.379 e. The average molecular weight is 414 g/mol. The first-order valence-electron chi connectivity index (χ1n) is 10.8. The van der Waals surface area contributed by atoms with Crippen molar-refractivity contribution in [2.75, 3.05) is 45.9 Å². The molecule has 0 saturated carbocycles. The molecule has 0 atom stereocenters. The summed E-state index contributed by atoms with van der Waals surface area (Å²) in [5.74, 6) is 2.57. The molecule has 1 aliphatic heterocycles. The number of hydrogen-bond donors (Lipinski definition) is 2. The molecule has 0 spiro atoms. The highest BCUT2D eigenvalue weighted by atomic mass is 16.5. The Hall–Kier alpha value is -2.45. The van der Waals surface area contributed by atoms with Crippen molar-refractivity contribution in [2.45, 2.75) is 33.7 Å². The maximum atomic E-state index is 5.43. The summed E-state index contributed by atoms with van der Waals surface area (Å²) in [6.45, 7) is 13.1. The monoisotopic (exact) mass is 413 g/mol. The SMILES string of the molecule is Cc1cccc(C)c1CCNC(=NCc1nnc(C)n1C)NCCN1CCOCC1. The molecule has 1 aromatic heterocycles. The van der Waals surface area contributed by atoms with Gasteiger partial charge in [-0.05, 0) is 43.9 Å². The van der Waals surface area contributed by atoms with Crippen LogP contribution in [0.3, 0.4) is 0 Å². The fraction of sp³-hybridized carbons (Fsp3) is 0.591. The summed E-state index contributed by atoms with van der Waals surface area (Å²) in [6.07, 6.45) is 0.964. The van der Waals surface area contributed by atoms with Crippen LogP contribution in [-0.4, -0.2) is 71.6 Å². The van der Waals surface area contributed by atoms with E-state index >= 15 is 0 Å². The van der Waals surface area contributed by atoms with Gasteiger partial charge in [0.25, 0.3) is 0 Å². The van der Waals surface area contributed by atoms with Crippen molar-refractivity contribution in [3.05, 3.63) is 46.5 Å². The molecule has 1 aliphatic rings. The van der Waals surface area contributed by atoms with E-state index in [2.05, 4.69) is 57.8 Å². The molecule has 0 aliphatic carbocycles. The average Bonchev–Trinajstić information content (AvgIpc) is 3.06. The van der Waals surface area contributed by atoms with Gasteiger partial charge in [0.15, 0.2) is 11.8 Å². The highest BCUT2D eigenvalue weighted by Gasteiger charge is 2.10. The molecule has 164 valence electrons. The topological polar surface area (TPSA) is 79.6 Å². The third-order valence-corrected chi connectivity index (χ3v) is 5.70. The lowest BCUT2D eigenvalue weighted by molar-refractivity contribution is 0.0389. The summed E-state index contributed by atoms with van der Waals surface area (Å²) in [6, 6.07) is 6.47. The van der Waals surface area contributed by atoms with Crippen LogP contribution in [0, 0.1) is 20.8 Å². The normalized spacial score (nSPS) is 15.4.